The Morgan fingerprint density at radius 2 is 0.943 bits per heavy atom. The molecule has 1 aliphatic carbocycles. The van der Waals surface area contributed by atoms with Crippen LogP contribution in [0.5, 0.6) is 0 Å². The third kappa shape index (κ3) is 2.16. The number of nitrogens with zero attached hydrogens (tertiary/aromatic N) is 1. The van der Waals surface area contributed by atoms with E-state index in [4.69, 9.17) is 4.74 Å². The number of hydrogen-bond acceptors (Lipinski definition) is 5. The maximum absolute atomic E-state index is 13.6. The molecule has 0 aromatic heterocycles. The SMILES string of the molecule is O=C1OC(=O)c2ccc3c4ccc5c6c(ccc(c7ccc1c2c73)c64)C(=O)N(C1CCCC1)C5=O. The quantitative estimate of drug-likeness (QED) is 0.107. The summed E-state index contributed by atoms with van der Waals surface area (Å²) in [5, 5.41) is 6.50. The van der Waals surface area contributed by atoms with Gasteiger partial charge in [0.1, 0.15) is 0 Å². The zero-order valence-corrected chi connectivity index (χ0v) is 18.5. The number of hydrogen-bond donors (Lipinski definition) is 0. The van der Waals surface area contributed by atoms with E-state index in [0.29, 0.717) is 33.0 Å². The van der Waals surface area contributed by atoms with Crippen molar-refractivity contribution in [3.63, 3.8) is 0 Å². The van der Waals surface area contributed by atoms with Gasteiger partial charge in [0, 0.05) is 27.9 Å². The Morgan fingerprint density at radius 1 is 0.543 bits per heavy atom. The van der Waals surface area contributed by atoms with E-state index in [2.05, 4.69) is 0 Å². The standard InChI is InChI=1S/C29H17NO5/c31-26-18-9-5-14-16-7-11-20-25-21(29(34)35-28(20)33)12-8-17(23(16)25)15-6-10-19(24(18)22(14)15)27(32)30(26)13-3-1-2-4-13/h5-13H,1-4H2. The fourth-order valence-electron chi connectivity index (χ4n) is 6.63. The van der Waals surface area contributed by atoms with Gasteiger partial charge < -0.3 is 4.74 Å². The molecule has 1 fully saturated rings. The first-order chi connectivity index (χ1) is 17.0. The Labute approximate surface area is 198 Å². The van der Waals surface area contributed by atoms with Crippen molar-refractivity contribution >= 4 is 66.8 Å². The molecule has 5 aromatic carbocycles. The van der Waals surface area contributed by atoms with Crippen molar-refractivity contribution in [1.82, 2.24) is 4.90 Å². The molecule has 0 N–H and O–H groups in total. The molecule has 2 heterocycles. The highest BCUT2D eigenvalue weighted by Gasteiger charge is 2.39. The zero-order valence-electron chi connectivity index (χ0n) is 18.5. The molecule has 35 heavy (non-hydrogen) atoms. The lowest BCUT2D eigenvalue weighted by Crippen LogP contribution is -2.46. The predicted octanol–water partition coefficient (Wildman–Crippen LogP) is 5.59. The second-order valence-corrected chi connectivity index (χ2v) is 9.74. The van der Waals surface area contributed by atoms with Crippen LogP contribution in [0.1, 0.15) is 67.1 Å². The van der Waals surface area contributed by atoms with Crippen LogP contribution in [-0.2, 0) is 4.74 Å². The van der Waals surface area contributed by atoms with Gasteiger partial charge in [-0.25, -0.2) is 9.59 Å². The van der Waals surface area contributed by atoms with Crippen LogP contribution in [0.15, 0.2) is 48.5 Å². The van der Waals surface area contributed by atoms with Crippen molar-refractivity contribution in [3.8, 4) is 0 Å². The van der Waals surface area contributed by atoms with Crippen molar-refractivity contribution < 1.29 is 23.9 Å². The van der Waals surface area contributed by atoms with Crippen molar-refractivity contribution in [1.29, 1.82) is 0 Å². The second-order valence-electron chi connectivity index (χ2n) is 9.74. The van der Waals surface area contributed by atoms with Gasteiger partial charge in [0.25, 0.3) is 11.8 Å². The minimum Gasteiger partial charge on any atom is -0.386 e. The van der Waals surface area contributed by atoms with Gasteiger partial charge >= 0.3 is 11.9 Å². The monoisotopic (exact) mass is 459 g/mol. The van der Waals surface area contributed by atoms with Gasteiger partial charge in [0.05, 0.1) is 11.1 Å². The largest absolute Gasteiger partial charge is 0.386 e. The van der Waals surface area contributed by atoms with Crippen molar-refractivity contribution in [2.75, 3.05) is 0 Å². The highest BCUT2D eigenvalue weighted by Crippen LogP contribution is 2.46. The van der Waals surface area contributed by atoms with Crippen LogP contribution < -0.4 is 0 Å². The average molecular weight is 459 g/mol. The molecule has 8 rings (SSSR count). The lowest BCUT2D eigenvalue weighted by atomic mass is 9.82. The molecule has 2 aliphatic heterocycles. The van der Waals surface area contributed by atoms with Crippen LogP contribution >= 0.6 is 0 Å². The van der Waals surface area contributed by atoms with Crippen LogP contribution in [0.2, 0.25) is 0 Å². The number of imide groups is 1. The fraction of sp³-hybridized carbons (Fsp3) is 0.172. The highest BCUT2D eigenvalue weighted by molar-refractivity contribution is 6.40. The molecule has 0 radical (unpaired) electrons. The molecular weight excluding hydrogens is 442 g/mol. The van der Waals surface area contributed by atoms with E-state index in [9.17, 15) is 19.2 Å². The normalized spacial score (nSPS) is 18.1. The summed E-state index contributed by atoms with van der Waals surface area (Å²) in [4.78, 5) is 53.6. The van der Waals surface area contributed by atoms with E-state index in [1.165, 1.54) is 4.90 Å². The molecule has 5 aromatic rings. The smallest absolute Gasteiger partial charge is 0.346 e. The first kappa shape index (κ1) is 19.0. The van der Waals surface area contributed by atoms with Crippen molar-refractivity contribution in [2.24, 2.45) is 0 Å². The number of rotatable bonds is 1. The third-order valence-electron chi connectivity index (χ3n) is 8.12. The molecule has 0 atom stereocenters. The molecule has 2 amide bonds. The van der Waals surface area contributed by atoms with Gasteiger partial charge in [-0.1, -0.05) is 37.1 Å². The van der Waals surface area contributed by atoms with Crippen LogP contribution in [0, 0.1) is 0 Å². The summed E-state index contributed by atoms with van der Waals surface area (Å²) in [6.45, 7) is 0. The number of carbonyl (C=O) groups is 4. The first-order valence-corrected chi connectivity index (χ1v) is 11.9. The number of benzene rings is 5. The van der Waals surface area contributed by atoms with E-state index in [-0.39, 0.29) is 17.9 Å². The van der Waals surface area contributed by atoms with E-state index >= 15 is 0 Å². The van der Waals surface area contributed by atoms with E-state index in [1.54, 1.807) is 12.1 Å². The molecule has 0 unspecified atom stereocenters. The number of esters is 2. The van der Waals surface area contributed by atoms with E-state index in [0.717, 1.165) is 58.0 Å². The lowest BCUT2D eigenvalue weighted by Gasteiger charge is -2.32. The summed E-state index contributed by atoms with van der Waals surface area (Å²) in [6.07, 6.45) is 3.77. The second kappa shape index (κ2) is 6.21. The van der Waals surface area contributed by atoms with Gasteiger partial charge in [0.2, 0.25) is 0 Å². The van der Waals surface area contributed by atoms with Crippen LogP contribution in [-0.4, -0.2) is 34.7 Å². The molecular formula is C29H17NO5. The minimum absolute atomic E-state index is 0.0420. The van der Waals surface area contributed by atoms with Gasteiger partial charge in [-0.15, -0.1) is 0 Å². The van der Waals surface area contributed by atoms with E-state index in [1.807, 2.05) is 36.4 Å². The number of amides is 2. The predicted molar refractivity (Wildman–Crippen MR) is 130 cm³/mol. The summed E-state index contributed by atoms with van der Waals surface area (Å²) in [5.41, 5.74) is 1.85. The minimum atomic E-state index is -0.648. The summed E-state index contributed by atoms with van der Waals surface area (Å²) in [7, 11) is 0. The lowest BCUT2D eigenvalue weighted by molar-refractivity contribution is 0.0389. The number of ether oxygens (including phenoxy) is 1. The molecule has 0 saturated heterocycles. The first-order valence-electron chi connectivity index (χ1n) is 11.9. The maximum Gasteiger partial charge on any atom is 0.346 e. The molecule has 6 nitrogen and oxygen atoms in total. The van der Waals surface area contributed by atoms with Gasteiger partial charge in [-0.3, -0.25) is 14.5 Å². The van der Waals surface area contributed by atoms with Crippen LogP contribution in [0.3, 0.4) is 0 Å². The van der Waals surface area contributed by atoms with Gasteiger partial charge in [-0.2, -0.15) is 0 Å². The highest BCUT2D eigenvalue weighted by atomic mass is 16.6. The summed E-state index contributed by atoms with van der Waals surface area (Å²) in [5.74, 6) is -1.74. The Hall–Kier alpha value is -4.32. The Balaban J connectivity index is 1.53. The molecule has 6 heteroatoms. The zero-order chi connectivity index (χ0) is 23.6. The van der Waals surface area contributed by atoms with Crippen molar-refractivity contribution in [3.05, 3.63) is 70.8 Å². The summed E-state index contributed by atoms with van der Waals surface area (Å²) >= 11 is 0. The fourth-order valence-corrected chi connectivity index (χ4v) is 6.63. The van der Waals surface area contributed by atoms with Gasteiger partial charge in [0.15, 0.2) is 0 Å². The van der Waals surface area contributed by atoms with Gasteiger partial charge in [-0.05, 0) is 69.4 Å². The average Bonchev–Trinajstić information content (AvgIpc) is 3.39. The third-order valence-corrected chi connectivity index (χ3v) is 8.12. The molecule has 3 aliphatic rings. The number of carbonyl (C=O) groups excluding carboxylic acids is 4. The van der Waals surface area contributed by atoms with Crippen LogP contribution in [0.25, 0.3) is 43.1 Å². The number of cyclic esters (lactones) is 2. The number of fused-ring (bicyclic) bond motifs is 2. The summed E-state index contributed by atoms with van der Waals surface area (Å²) < 4.78 is 4.93. The Kier molecular flexibility index (Phi) is 3.38. The van der Waals surface area contributed by atoms with Crippen molar-refractivity contribution in [2.45, 2.75) is 31.7 Å². The van der Waals surface area contributed by atoms with Crippen LogP contribution in [0.4, 0.5) is 0 Å². The van der Waals surface area contributed by atoms with E-state index < -0.39 is 11.9 Å². The molecule has 0 spiro atoms. The summed E-state index contributed by atoms with van der Waals surface area (Å²) in [6, 6.07) is 14.6. The topological polar surface area (TPSA) is 80.8 Å². The Morgan fingerprint density at radius 3 is 1.40 bits per heavy atom. The molecule has 0 bridgehead atoms. The maximum atomic E-state index is 13.6. The molecule has 168 valence electrons. The Bertz CT molecular complexity index is 1740. The molecule has 1 saturated carbocycles.